The van der Waals surface area contributed by atoms with Crippen molar-refractivity contribution in [1.82, 2.24) is 4.90 Å². The second-order valence-corrected chi connectivity index (χ2v) is 7.12. The highest BCUT2D eigenvalue weighted by molar-refractivity contribution is 6.46. The van der Waals surface area contributed by atoms with Crippen LogP contribution < -0.4 is 4.74 Å². The van der Waals surface area contributed by atoms with E-state index in [9.17, 15) is 14.7 Å². The summed E-state index contributed by atoms with van der Waals surface area (Å²) >= 11 is 0. The van der Waals surface area contributed by atoms with Crippen molar-refractivity contribution in [3.63, 3.8) is 0 Å². The van der Waals surface area contributed by atoms with E-state index in [0.717, 1.165) is 18.4 Å². The topological polar surface area (TPSA) is 76.1 Å². The lowest BCUT2D eigenvalue weighted by Gasteiger charge is -2.25. The number of aliphatic hydroxyl groups excluding tert-OH is 1. The predicted molar refractivity (Wildman–Crippen MR) is 114 cm³/mol. The molecule has 0 aliphatic carbocycles. The lowest BCUT2D eigenvalue weighted by Crippen LogP contribution is -2.32. The Balaban J connectivity index is 1.98. The van der Waals surface area contributed by atoms with E-state index in [1.54, 1.807) is 24.3 Å². The second-order valence-electron chi connectivity index (χ2n) is 7.12. The number of hydrogen-bond acceptors (Lipinski definition) is 5. The van der Waals surface area contributed by atoms with Gasteiger partial charge in [-0.15, -0.1) is 0 Å². The maximum atomic E-state index is 12.8. The first-order valence-electron chi connectivity index (χ1n) is 10.1. The van der Waals surface area contributed by atoms with E-state index in [4.69, 9.17) is 9.47 Å². The largest absolute Gasteiger partial charge is 0.507 e. The van der Waals surface area contributed by atoms with Crippen molar-refractivity contribution in [3.8, 4) is 5.75 Å². The highest BCUT2D eigenvalue weighted by Gasteiger charge is 2.45. The van der Waals surface area contributed by atoms with Crippen LogP contribution in [0.15, 0.2) is 60.2 Å². The van der Waals surface area contributed by atoms with Gasteiger partial charge in [0.25, 0.3) is 11.7 Å². The summed E-state index contributed by atoms with van der Waals surface area (Å²) in [4.78, 5) is 27.0. The number of carbonyl (C=O) groups excluding carboxylic acids is 2. The maximum absolute atomic E-state index is 12.8. The van der Waals surface area contributed by atoms with Gasteiger partial charge < -0.3 is 19.5 Å². The smallest absolute Gasteiger partial charge is 0.295 e. The number of amides is 1. The third-order valence-corrected chi connectivity index (χ3v) is 5.09. The minimum absolute atomic E-state index is 0.0851. The molecule has 2 aromatic carbocycles. The molecule has 0 aromatic heterocycles. The third kappa shape index (κ3) is 4.54. The number of nitrogens with zero attached hydrogens (tertiary/aromatic N) is 1. The molecule has 30 heavy (non-hydrogen) atoms. The molecule has 1 unspecified atom stereocenters. The molecule has 0 spiro atoms. The van der Waals surface area contributed by atoms with Crippen LogP contribution in [0.25, 0.3) is 5.76 Å². The molecule has 2 aromatic rings. The number of ether oxygens (including phenoxy) is 2. The van der Waals surface area contributed by atoms with Gasteiger partial charge in [-0.2, -0.15) is 0 Å². The fraction of sp³-hybridized carbons (Fsp3) is 0.333. The number of methoxy groups -OCH3 is 1. The normalized spacial score (nSPS) is 18.1. The van der Waals surface area contributed by atoms with Crippen LogP contribution in [0.4, 0.5) is 0 Å². The number of carbonyl (C=O) groups is 2. The summed E-state index contributed by atoms with van der Waals surface area (Å²) < 4.78 is 10.8. The van der Waals surface area contributed by atoms with Gasteiger partial charge >= 0.3 is 0 Å². The van der Waals surface area contributed by atoms with Gasteiger partial charge in [0.15, 0.2) is 0 Å². The van der Waals surface area contributed by atoms with Gasteiger partial charge in [-0.25, -0.2) is 0 Å². The minimum atomic E-state index is -0.694. The Labute approximate surface area is 176 Å². The first-order valence-corrected chi connectivity index (χ1v) is 10.1. The van der Waals surface area contributed by atoms with E-state index in [1.165, 1.54) is 12.0 Å². The van der Waals surface area contributed by atoms with Gasteiger partial charge in [-0.1, -0.05) is 43.7 Å². The highest BCUT2D eigenvalue weighted by atomic mass is 16.5. The Kier molecular flexibility index (Phi) is 7.25. The van der Waals surface area contributed by atoms with Gasteiger partial charge in [0.1, 0.15) is 11.5 Å². The first-order chi connectivity index (χ1) is 14.6. The summed E-state index contributed by atoms with van der Waals surface area (Å²) in [5, 5.41) is 11.0. The molecule has 1 fully saturated rings. The summed E-state index contributed by atoms with van der Waals surface area (Å²) in [5.74, 6) is -0.829. The predicted octanol–water partition coefficient (Wildman–Crippen LogP) is 3.93. The fourth-order valence-corrected chi connectivity index (χ4v) is 3.48. The van der Waals surface area contributed by atoms with E-state index in [-0.39, 0.29) is 17.9 Å². The number of ketones is 1. The number of unbranched alkanes of at least 4 members (excludes halogenated alkanes) is 1. The monoisotopic (exact) mass is 409 g/mol. The average molecular weight is 409 g/mol. The third-order valence-electron chi connectivity index (χ3n) is 5.09. The number of Topliss-reactive ketones (excluding diaryl/α,β-unsaturated/α-hetero) is 1. The molecule has 0 radical (unpaired) electrons. The molecule has 0 saturated carbocycles. The molecule has 6 nitrogen and oxygen atoms in total. The molecule has 0 bridgehead atoms. The molecular formula is C24H27NO5. The summed E-state index contributed by atoms with van der Waals surface area (Å²) in [6.45, 7) is 3.26. The molecule has 3 rings (SSSR count). The van der Waals surface area contributed by atoms with E-state index in [1.807, 2.05) is 30.3 Å². The second kappa shape index (κ2) is 10.1. The summed E-state index contributed by atoms with van der Waals surface area (Å²) in [5.41, 5.74) is 1.30. The van der Waals surface area contributed by atoms with Crippen LogP contribution in [0.5, 0.6) is 5.75 Å². The van der Waals surface area contributed by atoms with Crippen LogP contribution in [-0.4, -0.2) is 48.6 Å². The van der Waals surface area contributed by atoms with E-state index in [0.29, 0.717) is 24.5 Å². The zero-order valence-electron chi connectivity index (χ0n) is 17.3. The molecule has 1 N–H and O–H groups in total. The molecule has 1 aliphatic rings. The van der Waals surface area contributed by atoms with Crippen LogP contribution >= 0.6 is 0 Å². The zero-order valence-corrected chi connectivity index (χ0v) is 17.3. The van der Waals surface area contributed by atoms with Crippen molar-refractivity contribution >= 4 is 17.4 Å². The van der Waals surface area contributed by atoms with E-state index >= 15 is 0 Å². The zero-order chi connectivity index (χ0) is 21.5. The molecule has 1 amide bonds. The van der Waals surface area contributed by atoms with Crippen molar-refractivity contribution < 1.29 is 24.2 Å². The Hall–Kier alpha value is -3.12. The molecule has 6 heteroatoms. The number of benzene rings is 2. The van der Waals surface area contributed by atoms with Gasteiger partial charge in [0.2, 0.25) is 0 Å². The van der Waals surface area contributed by atoms with Crippen LogP contribution in [0.1, 0.15) is 36.9 Å². The highest BCUT2D eigenvalue weighted by Crippen LogP contribution is 2.39. The van der Waals surface area contributed by atoms with E-state index < -0.39 is 17.7 Å². The molecule has 1 heterocycles. The van der Waals surface area contributed by atoms with Crippen molar-refractivity contribution in [3.05, 3.63) is 71.3 Å². The quantitative estimate of drug-likeness (QED) is 0.294. The van der Waals surface area contributed by atoms with Gasteiger partial charge in [0, 0.05) is 19.2 Å². The molecular weight excluding hydrogens is 382 g/mol. The van der Waals surface area contributed by atoms with Crippen molar-refractivity contribution in [2.24, 2.45) is 0 Å². The Morgan fingerprint density at radius 1 is 1.03 bits per heavy atom. The number of likely N-dealkylation sites (tertiary alicyclic amines) is 1. The maximum Gasteiger partial charge on any atom is 0.295 e. The number of aliphatic hydroxyl groups is 1. The van der Waals surface area contributed by atoms with Crippen LogP contribution in [-0.2, 0) is 14.3 Å². The molecule has 1 atom stereocenters. The van der Waals surface area contributed by atoms with Crippen LogP contribution in [0.2, 0.25) is 0 Å². The van der Waals surface area contributed by atoms with Gasteiger partial charge in [-0.3, -0.25) is 9.59 Å². The molecule has 1 saturated heterocycles. The lowest BCUT2D eigenvalue weighted by molar-refractivity contribution is -0.140. The first kappa shape index (κ1) is 21.6. The average Bonchev–Trinajstić information content (AvgIpc) is 3.03. The lowest BCUT2D eigenvalue weighted by atomic mass is 9.95. The van der Waals surface area contributed by atoms with Gasteiger partial charge in [0.05, 0.1) is 24.8 Å². The van der Waals surface area contributed by atoms with Crippen LogP contribution in [0, 0.1) is 0 Å². The Bertz CT molecular complexity index is 905. The van der Waals surface area contributed by atoms with Crippen molar-refractivity contribution in [2.45, 2.75) is 25.8 Å². The van der Waals surface area contributed by atoms with Crippen LogP contribution in [0.3, 0.4) is 0 Å². The number of hydrogen-bond donors (Lipinski definition) is 1. The van der Waals surface area contributed by atoms with Gasteiger partial charge in [-0.05, 0) is 36.2 Å². The molecule has 1 aliphatic heterocycles. The Morgan fingerprint density at radius 3 is 2.37 bits per heavy atom. The van der Waals surface area contributed by atoms with Crippen molar-refractivity contribution in [1.29, 1.82) is 0 Å². The summed E-state index contributed by atoms with van der Waals surface area (Å²) in [7, 11) is 1.54. The summed E-state index contributed by atoms with van der Waals surface area (Å²) in [6, 6.07) is 15.5. The van der Waals surface area contributed by atoms with E-state index in [2.05, 4.69) is 6.92 Å². The SMILES string of the molecule is CCCCOc1ccc(/C(O)=C2\C(=O)C(=O)N(CCOC)C2c2ccccc2)cc1. The van der Waals surface area contributed by atoms with Crippen molar-refractivity contribution in [2.75, 3.05) is 26.9 Å². The summed E-state index contributed by atoms with van der Waals surface area (Å²) in [6.07, 6.45) is 2.01. The fourth-order valence-electron chi connectivity index (χ4n) is 3.48. The standard InChI is InChI=1S/C24H27NO5/c1-3-4-15-30-19-12-10-18(11-13-19)22(26)20-21(17-8-6-5-7-9-17)25(14-16-29-2)24(28)23(20)27/h5-13,21,26H,3-4,14-16H2,1-2H3/b22-20+. The molecule has 158 valence electrons. The Morgan fingerprint density at radius 2 is 1.73 bits per heavy atom. The number of rotatable bonds is 9. The minimum Gasteiger partial charge on any atom is -0.507 e.